The van der Waals surface area contributed by atoms with Gasteiger partial charge in [0.25, 0.3) is 0 Å². The molecule has 0 spiro atoms. The summed E-state index contributed by atoms with van der Waals surface area (Å²) in [6.07, 6.45) is 1.20. The van der Waals surface area contributed by atoms with Gasteiger partial charge in [0.1, 0.15) is 0 Å². The highest BCUT2D eigenvalue weighted by Crippen LogP contribution is 2.47. The van der Waals surface area contributed by atoms with Gasteiger partial charge in [-0.2, -0.15) is 5.10 Å². The molecule has 1 fully saturated rings. The Hall–Kier alpha value is -1.31. The molecule has 2 rings (SSSR count). The summed E-state index contributed by atoms with van der Waals surface area (Å²) >= 11 is 0. The van der Waals surface area contributed by atoms with Gasteiger partial charge in [-0.1, -0.05) is 30.3 Å². The predicted octanol–water partition coefficient (Wildman–Crippen LogP) is 2.12. The molecule has 0 heterocycles. The molecule has 68 valence electrons. The lowest BCUT2D eigenvalue weighted by Crippen LogP contribution is -2.00. The quantitative estimate of drug-likeness (QED) is 0.416. The predicted molar refractivity (Wildman–Crippen MR) is 54.6 cm³/mol. The molecule has 1 saturated carbocycles. The Kier molecular flexibility index (Phi) is 2.05. The van der Waals surface area contributed by atoms with Crippen LogP contribution in [0.3, 0.4) is 0 Å². The molecule has 0 aromatic heterocycles. The minimum absolute atomic E-state index is 0.590. The Balaban J connectivity index is 2.09. The molecule has 1 aliphatic rings. The third-order valence-electron chi connectivity index (χ3n) is 2.76. The van der Waals surface area contributed by atoms with Crippen LogP contribution in [-0.2, 0) is 0 Å². The fourth-order valence-electron chi connectivity index (χ4n) is 1.82. The van der Waals surface area contributed by atoms with Gasteiger partial charge in [0.05, 0.1) is 0 Å². The van der Waals surface area contributed by atoms with Crippen molar-refractivity contribution in [3.8, 4) is 0 Å². The Morgan fingerprint density at radius 1 is 1.38 bits per heavy atom. The third-order valence-corrected chi connectivity index (χ3v) is 2.76. The smallest absolute Gasteiger partial charge is 0.0382 e. The summed E-state index contributed by atoms with van der Waals surface area (Å²) < 4.78 is 0. The molecule has 0 amide bonds. The second-order valence-electron chi connectivity index (χ2n) is 3.63. The maximum atomic E-state index is 5.24. The first kappa shape index (κ1) is 8.30. The number of hydrogen-bond donors (Lipinski definition) is 1. The summed E-state index contributed by atoms with van der Waals surface area (Å²) in [6, 6.07) is 10.6. The largest absolute Gasteiger partial charge is 0.323 e. The Labute approximate surface area is 78.5 Å². The van der Waals surface area contributed by atoms with Crippen LogP contribution in [0.4, 0.5) is 0 Å². The SMILES string of the molecule is C/C(=N\N)[C@H]1C[C@@H]1c1ccccc1. The molecule has 2 heteroatoms. The highest BCUT2D eigenvalue weighted by molar-refractivity contribution is 5.87. The van der Waals surface area contributed by atoms with Crippen LogP contribution in [0.5, 0.6) is 0 Å². The van der Waals surface area contributed by atoms with Crippen LogP contribution in [0.15, 0.2) is 35.4 Å². The molecule has 13 heavy (non-hydrogen) atoms. The maximum Gasteiger partial charge on any atom is 0.0382 e. The van der Waals surface area contributed by atoms with Crippen molar-refractivity contribution in [2.75, 3.05) is 0 Å². The molecular formula is C11H14N2. The van der Waals surface area contributed by atoms with Gasteiger partial charge in [0.2, 0.25) is 0 Å². The molecule has 0 aliphatic heterocycles. The summed E-state index contributed by atoms with van der Waals surface area (Å²) in [5.41, 5.74) is 2.49. The van der Waals surface area contributed by atoms with Gasteiger partial charge in [0.15, 0.2) is 0 Å². The summed E-state index contributed by atoms with van der Waals surface area (Å²) in [4.78, 5) is 0. The number of nitrogens with zero attached hydrogens (tertiary/aromatic N) is 1. The average Bonchev–Trinajstić information content (AvgIpc) is 2.98. The van der Waals surface area contributed by atoms with E-state index in [0.29, 0.717) is 11.8 Å². The van der Waals surface area contributed by atoms with E-state index in [0.717, 1.165) is 5.71 Å². The molecule has 0 saturated heterocycles. The fraction of sp³-hybridized carbons (Fsp3) is 0.364. The molecule has 0 unspecified atom stereocenters. The first-order chi connectivity index (χ1) is 6.33. The van der Waals surface area contributed by atoms with Crippen LogP contribution >= 0.6 is 0 Å². The van der Waals surface area contributed by atoms with Gasteiger partial charge in [-0.05, 0) is 24.8 Å². The Bertz CT molecular complexity index is 316. The van der Waals surface area contributed by atoms with Crippen LogP contribution in [0, 0.1) is 5.92 Å². The van der Waals surface area contributed by atoms with E-state index in [1.807, 2.05) is 13.0 Å². The first-order valence-corrected chi connectivity index (χ1v) is 4.62. The van der Waals surface area contributed by atoms with E-state index in [4.69, 9.17) is 5.84 Å². The van der Waals surface area contributed by atoms with Crippen molar-refractivity contribution in [2.24, 2.45) is 16.9 Å². The average molecular weight is 174 g/mol. The number of benzene rings is 1. The lowest BCUT2D eigenvalue weighted by Gasteiger charge is -1.98. The molecule has 1 aliphatic carbocycles. The second-order valence-corrected chi connectivity index (χ2v) is 3.63. The van der Waals surface area contributed by atoms with Crippen molar-refractivity contribution in [3.63, 3.8) is 0 Å². The molecule has 2 nitrogen and oxygen atoms in total. The van der Waals surface area contributed by atoms with Crippen LogP contribution < -0.4 is 5.84 Å². The van der Waals surface area contributed by atoms with Crippen LogP contribution in [-0.4, -0.2) is 5.71 Å². The van der Waals surface area contributed by atoms with Crippen molar-refractivity contribution >= 4 is 5.71 Å². The topological polar surface area (TPSA) is 38.4 Å². The third kappa shape index (κ3) is 1.57. The van der Waals surface area contributed by atoms with Crippen molar-refractivity contribution in [3.05, 3.63) is 35.9 Å². The normalized spacial score (nSPS) is 27.3. The molecule has 1 aromatic rings. The van der Waals surface area contributed by atoms with Gasteiger partial charge >= 0.3 is 0 Å². The summed E-state index contributed by atoms with van der Waals surface area (Å²) in [5, 5.41) is 3.74. The van der Waals surface area contributed by atoms with Crippen LogP contribution in [0.1, 0.15) is 24.8 Å². The molecule has 0 radical (unpaired) electrons. The molecule has 0 bridgehead atoms. The van der Waals surface area contributed by atoms with E-state index in [1.165, 1.54) is 12.0 Å². The van der Waals surface area contributed by atoms with Gasteiger partial charge in [-0.15, -0.1) is 0 Å². The minimum atomic E-state index is 0.590. The second kappa shape index (κ2) is 3.21. The van der Waals surface area contributed by atoms with Gasteiger partial charge in [-0.3, -0.25) is 0 Å². The van der Waals surface area contributed by atoms with Gasteiger partial charge in [-0.25, -0.2) is 0 Å². The van der Waals surface area contributed by atoms with Crippen LogP contribution in [0.2, 0.25) is 0 Å². The number of hydrogen-bond acceptors (Lipinski definition) is 2. The Morgan fingerprint density at radius 2 is 2.08 bits per heavy atom. The lowest BCUT2D eigenvalue weighted by atomic mass is 10.1. The zero-order valence-corrected chi connectivity index (χ0v) is 7.77. The van der Waals surface area contributed by atoms with E-state index < -0.39 is 0 Å². The van der Waals surface area contributed by atoms with E-state index in [2.05, 4.69) is 29.4 Å². The van der Waals surface area contributed by atoms with Gasteiger partial charge in [0, 0.05) is 11.6 Å². The summed E-state index contributed by atoms with van der Waals surface area (Å²) in [5.74, 6) is 6.49. The molecular weight excluding hydrogens is 160 g/mol. The van der Waals surface area contributed by atoms with Crippen LogP contribution in [0.25, 0.3) is 0 Å². The van der Waals surface area contributed by atoms with E-state index >= 15 is 0 Å². The molecule has 2 atom stereocenters. The Morgan fingerprint density at radius 3 is 2.69 bits per heavy atom. The van der Waals surface area contributed by atoms with E-state index in [-0.39, 0.29) is 0 Å². The minimum Gasteiger partial charge on any atom is -0.323 e. The van der Waals surface area contributed by atoms with Gasteiger partial charge < -0.3 is 5.84 Å². The lowest BCUT2D eigenvalue weighted by molar-refractivity contribution is 1.03. The fourth-order valence-corrected chi connectivity index (χ4v) is 1.82. The first-order valence-electron chi connectivity index (χ1n) is 4.62. The number of nitrogens with two attached hydrogens (primary N) is 1. The number of hydrazone groups is 1. The highest BCUT2D eigenvalue weighted by Gasteiger charge is 2.40. The van der Waals surface area contributed by atoms with E-state index in [1.54, 1.807) is 0 Å². The maximum absolute atomic E-state index is 5.24. The van der Waals surface area contributed by atoms with Crippen molar-refractivity contribution in [1.82, 2.24) is 0 Å². The zero-order valence-electron chi connectivity index (χ0n) is 7.77. The van der Waals surface area contributed by atoms with Crippen molar-refractivity contribution in [1.29, 1.82) is 0 Å². The monoisotopic (exact) mass is 174 g/mol. The summed E-state index contributed by atoms with van der Waals surface area (Å²) in [6.45, 7) is 2.01. The van der Waals surface area contributed by atoms with Crippen molar-refractivity contribution < 1.29 is 0 Å². The zero-order chi connectivity index (χ0) is 9.26. The van der Waals surface area contributed by atoms with Crippen molar-refractivity contribution in [2.45, 2.75) is 19.3 Å². The molecule has 2 N–H and O–H groups in total. The highest BCUT2D eigenvalue weighted by atomic mass is 15.1. The number of rotatable bonds is 2. The summed E-state index contributed by atoms with van der Waals surface area (Å²) in [7, 11) is 0. The van der Waals surface area contributed by atoms with E-state index in [9.17, 15) is 0 Å². The standard InChI is InChI=1S/C11H14N2/c1-8(13-12)10-7-11(10)9-5-3-2-4-6-9/h2-6,10-11H,7,12H2,1H3/b13-8+/t10-,11-/m1/s1. The molecule has 1 aromatic carbocycles.